The molecular formula is C23H29NO4S. The zero-order valence-electron chi connectivity index (χ0n) is 16.8. The van der Waals surface area contributed by atoms with E-state index in [9.17, 15) is 9.90 Å². The fraction of sp³-hybridized carbons (Fsp3) is 0.522. The lowest BCUT2D eigenvalue weighted by atomic mass is 9.80. The van der Waals surface area contributed by atoms with Gasteiger partial charge in [0.1, 0.15) is 0 Å². The Morgan fingerprint density at radius 1 is 1.34 bits per heavy atom. The van der Waals surface area contributed by atoms with E-state index in [-0.39, 0.29) is 24.3 Å². The van der Waals surface area contributed by atoms with Crippen LogP contribution < -0.4 is 5.32 Å². The van der Waals surface area contributed by atoms with Gasteiger partial charge < -0.3 is 19.9 Å². The number of fused-ring (bicyclic) bond motifs is 1. The number of carbonyl (C=O) groups is 1. The van der Waals surface area contributed by atoms with E-state index in [4.69, 9.17) is 9.47 Å². The highest BCUT2D eigenvalue weighted by atomic mass is 32.1. The topological polar surface area (TPSA) is 67.8 Å². The predicted molar refractivity (Wildman–Crippen MR) is 115 cm³/mol. The quantitative estimate of drug-likeness (QED) is 0.645. The minimum Gasteiger partial charge on any atom is -0.459 e. The third-order valence-electron chi connectivity index (χ3n) is 5.75. The van der Waals surface area contributed by atoms with Gasteiger partial charge in [0.05, 0.1) is 0 Å². The van der Waals surface area contributed by atoms with Crippen LogP contribution >= 0.6 is 11.3 Å². The summed E-state index contributed by atoms with van der Waals surface area (Å²) in [6.07, 6.45) is 5.29. The first kappa shape index (κ1) is 20.4. The summed E-state index contributed by atoms with van der Waals surface area (Å²) in [5, 5.41) is 15.8. The van der Waals surface area contributed by atoms with E-state index in [0.717, 1.165) is 6.42 Å². The Morgan fingerprint density at radius 3 is 2.93 bits per heavy atom. The summed E-state index contributed by atoms with van der Waals surface area (Å²) >= 11 is 1.72. The maximum Gasteiger partial charge on any atom is 0.286 e. The molecule has 0 radical (unpaired) electrons. The molecule has 29 heavy (non-hydrogen) atoms. The molecule has 4 rings (SSSR count). The Labute approximate surface area is 175 Å². The van der Waals surface area contributed by atoms with E-state index in [2.05, 4.69) is 22.8 Å². The first-order valence-electron chi connectivity index (χ1n) is 10.6. The van der Waals surface area contributed by atoms with Crippen LogP contribution in [0.4, 0.5) is 0 Å². The number of nitrogens with one attached hydrogen (secondary N) is 1. The molecule has 1 fully saturated rings. The van der Waals surface area contributed by atoms with Crippen LogP contribution in [0.2, 0.25) is 0 Å². The van der Waals surface area contributed by atoms with Crippen molar-refractivity contribution in [2.24, 2.45) is 11.8 Å². The molecule has 1 amide bonds. The van der Waals surface area contributed by atoms with Crippen molar-refractivity contribution in [1.29, 1.82) is 0 Å². The number of hydrogen-bond donors (Lipinski definition) is 2. The van der Waals surface area contributed by atoms with Gasteiger partial charge in [0.15, 0.2) is 5.76 Å². The highest BCUT2D eigenvalue weighted by molar-refractivity contribution is 7.17. The van der Waals surface area contributed by atoms with Crippen LogP contribution in [0.15, 0.2) is 41.5 Å². The first-order valence-corrected chi connectivity index (χ1v) is 11.4. The van der Waals surface area contributed by atoms with Gasteiger partial charge in [-0.25, -0.2) is 0 Å². The molecule has 1 aliphatic heterocycles. The van der Waals surface area contributed by atoms with Crippen molar-refractivity contribution in [1.82, 2.24) is 5.32 Å². The maximum atomic E-state index is 12.8. The van der Waals surface area contributed by atoms with Crippen molar-refractivity contribution in [2.75, 3.05) is 19.8 Å². The molecular weight excluding hydrogens is 386 g/mol. The van der Waals surface area contributed by atoms with Gasteiger partial charge in [-0.15, -0.1) is 11.3 Å². The summed E-state index contributed by atoms with van der Waals surface area (Å²) < 4.78 is 13.2. The lowest BCUT2D eigenvalue weighted by Crippen LogP contribution is -2.39. The number of amides is 1. The summed E-state index contributed by atoms with van der Waals surface area (Å²) in [4.78, 5) is 12.8. The molecule has 1 aromatic carbocycles. The van der Waals surface area contributed by atoms with Crippen LogP contribution in [0.3, 0.4) is 0 Å². The van der Waals surface area contributed by atoms with Gasteiger partial charge in [0.25, 0.3) is 5.91 Å². The molecule has 2 aliphatic rings. The lowest BCUT2D eigenvalue weighted by Gasteiger charge is -2.36. The maximum absolute atomic E-state index is 12.8. The Morgan fingerprint density at radius 2 is 2.17 bits per heavy atom. The number of allylic oxidation sites excluding steroid dienone is 1. The Hall–Kier alpha value is -1.89. The van der Waals surface area contributed by atoms with Gasteiger partial charge in [-0.1, -0.05) is 18.2 Å². The van der Waals surface area contributed by atoms with E-state index in [1.807, 2.05) is 25.1 Å². The van der Waals surface area contributed by atoms with Gasteiger partial charge in [-0.3, -0.25) is 4.79 Å². The minimum atomic E-state index is -0.498. The molecule has 2 N–H and O–H groups in total. The van der Waals surface area contributed by atoms with Gasteiger partial charge in [-0.2, -0.15) is 0 Å². The Balaban J connectivity index is 1.68. The van der Waals surface area contributed by atoms with Crippen LogP contribution in [0.5, 0.6) is 0 Å². The van der Waals surface area contributed by atoms with Gasteiger partial charge in [0, 0.05) is 36.3 Å². The third kappa shape index (κ3) is 4.65. The largest absolute Gasteiger partial charge is 0.459 e. The molecule has 0 unspecified atom stereocenters. The van der Waals surface area contributed by atoms with Crippen LogP contribution in [0.25, 0.3) is 10.1 Å². The summed E-state index contributed by atoms with van der Waals surface area (Å²) in [5.41, 5.74) is 1.20. The molecule has 156 valence electrons. The molecule has 1 aliphatic carbocycles. The van der Waals surface area contributed by atoms with E-state index in [1.54, 1.807) is 11.3 Å². The number of rotatable bonds is 9. The van der Waals surface area contributed by atoms with Gasteiger partial charge in [-0.05, 0) is 67.0 Å². The molecule has 2 aromatic rings. The molecule has 5 nitrogen and oxygen atoms in total. The first-order chi connectivity index (χ1) is 14.2. The number of benzene rings is 1. The van der Waals surface area contributed by atoms with Crippen LogP contribution in [0, 0.1) is 11.8 Å². The van der Waals surface area contributed by atoms with Crippen LogP contribution in [-0.2, 0) is 14.3 Å². The SMILES string of the molecule is CCO[C@@H]1OC(C(=O)NCC2CC2)=C[C@H](c2csc3ccccc23)[C@@H]1CCCO. The lowest BCUT2D eigenvalue weighted by molar-refractivity contribution is -0.166. The average molecular weight is 416 g/mol. The second kappa shape index (κ2) is 9.28. The summed E-state index contributed by atoms with van der Waals surface area (Å²) in [6, 6.07) is 8.35. The second-order valence-electron chi connectivity index (χ2n) is 7.87. The van der Waals surface area contributed by atoms with Crippen molar-refractivity contribution >= 4 is 27.3 Å². The summed E-state index contributed by atoms with van der Waals surface area (Å²) in [7, 11) is 0. The van der Waals surface area contributed by atoms with Crippen LogP contribution in [-0.4, -0.2) is 37.1 Å². The van der Waals surface area contributed by atoms with E-state index < -0.39 is 6.29 Å². The molecule has 3 atom stereocenters. The van der Waals surface area contributed by atoms with Crippen molar-refractivity contribution in [3.05, 3.63) is 47.0 Å². The van der Waals surface area contributed by atoms with E-state index in [0.29, 0.717) is 31.2 Å². The molecule has 2 heterocycles. The zero-order valence-corrected chi connectivity index (χ0v) is 17.6. The number of thiophene rings is 1. The smallest absolute Gasteiger partial charge is 0.286 e. The number of ether oxygens (including phenoxy) is 2. The minimum absolute atomic E-state index is 0.00433. The Kier molecular flexibility index (Phi) is 6.53. The predicted octanol–water partition coefficient (Wildman–Crippen LogP) is 4.18. The standard InChI is InChI=1S/C23H29NO4S/c1-2-27-23-17(7-5-11-25)18(19-14-29-21-8-4-3-6-16(19)21)12-20(28-23)22(26)24-13-15-9-10-15/h3-4,6,8,12,14-15,17-18,23,25H,2,5,7,9-11,13H2,1H3,(H,24,26)/t17-,18-,23+/m0/s1. The number of aliphatic hydroxyl groups is 1. The molecule has 1 saturated carbocycles. The average Bonchev–Trinajstić information content (AvgIpc) is 3.48. The van der Waals surface area contributed by atoms with Crippen molar-refractivity contribution in [2.45, 2.75) is 44.8 Å². The molecule has 1 aromatic heterocycles. The normalized spacial score (nSPS) is 24.2. The molecule has 0 spiro atoms. The van der Waals surface area contributed by atoms with Crippen LogP contribution in [0.1, 0.15) is 44.1 Å². The number of hydrogen-bond acceptors (Lipinski definition) is 5. The van der Waals surface area contributed by atoms with Crippen molar-refractivity contribution in [3.63, 3.8) is 0 Å². The van der Waals surface area contributed by atoms with Crippen molar-refractivity contribution < 1.29 is 19.4 Å². The van der Waals surface area contributed by atoms with Gasteiger partial charge in [0.2, 0.25) is 6.29 Å². The Bertz CT molecular complexity index is 873. The fourth-order valence-corrected chi connectivity index (χ4v) is 5.03. The second-order valence-corrected chi connectivity index (χ2v) is 8.78. The molecule has 0 saturated heterocycles. The zero-order chi connectivity index (χ0) is 20.2. The molecule has 0 bridgehead atoms. The highest BCUT2D eigenvalue weighted by Gasteiger charge is 2.38. The van der Waals surface area contributed by atoms with E-state index >= 15 is 0 Å². The number of carbonyl (C=O) groups excluding carboxylic acids is 1. The van der Waals surface area contributed by atoms with E-state index in [1.165, 1.54) is 28.5 Å². The highest BCUT2D eigenvalue weighted by Crippen LogP contribution is 2.43. The van der Waals surface area contributed by atoms with Gasteiger partial charge >= 0.3 is 0 Å². The number of aliphatic hydroxyl groups excluding tert-OH is 1. The third-order valence-corrected chi connectivity index (χ3v) is 6.74. The molecule has 6 heteroatoms. The monoisotopic (exact) mass is 415 g/mol. The summed E-state index contributed by atoms with van der Waals surface area (Å²) in [6.45, 7) is 3.28. The summed E-state index contributed by atoms with van der Waals surface area (Å²) in [5.74, 6) is 0.848. The van der Waals surface area contributed by atoms with Crippen molar-refractivity contribution in [3.8, 4) is 0 Å². The fourth-order valence-electron chi connectivity index (χ4n) is 4.02.